The number of pyridine rings is 1. The van der Waals surface area contributed by atoms with Gasteiger partial charge in [-0.15, -0.1) is 0 Å². The number of piperidine rings is 1. The highest BCUT2D eigenvalue weighted by Crippen LogP contribution is 2.35. The molecule has 1 N–H and O–H groups in total. The first-order valence-electron chi connectivity index (χ1n) is 11.9. The summed E-state index contributed by atoms with van der Waals surface area (Å²) in [6, 6.07) is 11.3. The number of amides is 2. The van der Waals surface area contributed by atoms with E-state index in [2.05, 4.69) is 21.3 Å². The summed E-state index contributed by atoms with van der Waals surface area (Å²) in [5.41, 5.74) is 3.57. The van der Waals surface area contributed by atoms with Gasteiger partial charge < -0.3 is 15.1 Å². The molecule has 2 aliphatic heterocycles. The van der Waals surface area contributed by atoms with Crippen LogP contribution in [0.4, 0.5) is 5.69 Å². The number of anilines is 1. The number of halogens is 1. The van der Waals surface area contributed by atoms with Crippen LogP contribution in [0.1, 0.15) is 59.2 Å². The number of hydrogen-bond acceptors (Lipinski definition) is 4. The maximum Gasteiger partial charge on any atom is 0.258 e. The molecule has 1 unspecified atom stereocenters. The maximum absolute atomic E-state index is 13.2. The van der Waals surface area contributed by atoms with E-state index in [-0.39, 0.29) is 17.9 Å². The van der Waals surface area contributed by atoms with Crippen LogP contribution in [0.3, 0.4) is 0 Å². The second-order valence-corrected chi connectivity index (χ2v) is 9.56. The number of hydrogen-bond donors (Lipinski definition) is 1. The quantitative estimate of drug-likeness (QED) is 0.668. The Morgan fingerprint density at radius 3 is 2.55 bits per heavy atom. The molecular weight excluding hydrogens is 436 g/mol. The molecule has 3 aliphatic rings. The number of nitrogens with one attached hydrogen (secondary N) is 1. The Hall–Kier alpha value is -2.86. The highest BCUT2D eigenvalue weighted by atomic mass is 35.5. The number of carbonyl (C=O) groups is 2. The Bertz CT molecular complexity index is 1050. The van der Waals surface area contributed by atoms with Gasteiger partial charge in [0.05, 0.1) is 5.56 Å². The van der Waals surface area contributed by atoms with Crippen LogP contribution in [-0.2, 0) is 0 Å². The number of carbonyl (C=O) groups excluding carboxylic acids is 2. The molecule has 1 aliphatic carbocycles. The fourth-order valence-corrected chi connectivity index (χ4v) is 5.37. The summed E-state index contributed by atoms with van der Waals surface area (Å²) >= 11 is 5.80. The number of benzene rings is 1. The standard InChI is InChI=1S/C26H29ClN4O2/c27-24-12-9-20(16-28-24)25(32)29-21-13-15-30(17-21)22-10-7-19(8-11-22)26(33)31-14-3-5-18-4-1-2-6-23(18)31/h6-12,16,18,21H,1-5,13-15,17H2,(H,29,32)/t18-,21?/m1/s1. The summed E-state index contributed by atoms with van der Waals surface area (Å²) in [6.07, 6.45) is 10.4. The molecule has 0 bridgehead atoms. The summed E-state index contributed by atoms with van der Waals surface area (Å²) in [5.74, 6) is 0.530. The monoisotopic (exact) mass is 464 g/mol. The van der Waals surface area contributed by atoms with Gasteiger partial charge in [-0.1, -0.05) is 17.7 Å². The van der Waals surface area contributed by atoms with Crippen molar-refractivity contribution < 1.29 is 9.59 Å². The zero-order valence-corrected chi connectivity index (χ0v) is 19.4. The number of fused-ring (bicyclic) bond motifs is 1. The second-order valence-electron chi connectivity index (χ2n) is 9.18. The first kappa shape index (κ1) is 22.0. The van der Waals surface area contributed by atoms with Crippen LogP contribution in [0.15, 0.2) is 54.4 Å². The van der Waals surface area contributed by atoms with Crippen molar-refractivity contribution >= 4 is 29.1 Å². The molecular formula is C26H29ClN4O2. The number of nitrogens with zero attached hydrogens (tertiary/aromatic N) is 3. The topological polar surface area (TPSA) is 65.5 Å². The third-order valence-electron chi connectivity index (χ3n) is 7.01. The molecule has 7 heteroatoms. The van der Waals surface area contributed by atoms with Gasteiger partial charge in [-0.2, -0.15) is 0 Å². The summed E-state index contributed by atoms with van der Waals surface area (Å²) in [7, 11) is 0. The minimum absolute atomic E-state index is 0.0676. The highest BCUT2D eigenvalue weighted by Gasteiger charge is 2.31. The predicted octanol–water partition coefficient (Wildman–Crippen LogP) is 4.66. The first-order chi connectivity index (χ1) is 16.1. The van der Waals surface area contributed by atoms with Crippen LogP contribution < -0.4 is 10.2 Å². The zero-order chi connectivity index (χ0) is 22.8. The maximum atomic E-state index is 13.2. The van der Waals surface area contributed by atoms with Gasteiger partial charge in [-0.3, -0.25) is 9.59 Å². The first-order valence-corrected chi connectivity index (χ1v) is 12.3. The number of allylic oxidation sites excluding steroid dienone is 2. The molecule has 1 aromatic carbocycles. The molecule has 2 fully saturated rings. The van der Waals surface area contributed by atoms with Crippen molar-refractivity contribution in [3.8, 4) is 0 Å². The van der Waals surface area contributed by atoms with Gasteiger partial charge in [-0.05, 0) is 80.8 Å². The molecule has 0 saturated carbocycles. The van der Waals surface area contributed by atoms with Crippen molar-refractivity contribution in [3.63, 3.8) is 0 Å². The lowest BCUT2D eigenvalue weighted by molar-refractivity contribution is 0.0748. The molecule has 0 radical (unpaired) electrons. The Labute approximate surface area is 199 Å². The Morgan fingerprint density at radius 2 is 1.76 bits per heavy atom. The van der Waals surface area contributed by atoms with Gasteiger partial charge in [0.1, 0.15) is 5.15 Å². The molecule has 6 nitrogen and oxygen atoms in total. The van der Waals surface area contributed by atoms with E-state index >= 15 is 0 Å². The molecule has 2 saturated heterocycles. The Morgan fingerprint density at radius 1 is 0.970 bits per heavy atom. The average Bonchev–Trinajstić information content (AvgIpc) is 3.32. The third-order valence-corrected chi connectivity index (χ3v) is 7.24. The molecule has 3 heterocycles. The van der Waals surface area contributed by atoms with Gasteiger partial charge >= 0.3 is 0 Å². The average molecular weight is 465 g/mol. The fourth-order valence-electron chi connectivity index (χ4n) is 5.26. The molecule has 5 rings (SSSR count). The van der Waals surface area contributed by atoms with E-state index in [9.17, 15) is 9.59 Å². The largest absolute Gasteiger partial charge is 0.369 e. The zero-order valence-electron chi connectivity index (χ0n) is 18.7. The van der Waals surface area contributed by atoms with E-state index in [0.717, 1.165) is 50.1 Å². The molecule has 2 amide bonds. The van der Waals surface area contributed by atoms with E-state index in [1.165, 1.54) is 31.2 Å². The molecule has 2 aromatic rings. The van der Waals surface area contributed by atoms with Gasteiger partial charge in [0.15, 0.2) is 0 Å². The summed E-state index contributed by atoms with van der Waals surface area (Å²) in [5, 5.41) is 3.45. The lowest BCUT2D eigenvalue weighted by atomic mass is 9.84. The van der Waals surface area contributed by atoms with E-state index in [0.29, 0.717) is 16.6 Å². The summed E-state index contributed by atoms with van der Waals surface area (Å²) < 4.78 is 0. The highest BCUT2D eigenvalue weighted by molar-refractivity contribution is 6.29. The van der Waals surface area contributed by atoms with Crippen molar-refractivity contribution in [1.82, 2.24) is 15.2 Å². The van der Waals surface area contributed by atoms with Crippen molar-refractivity contribution in [1.29, 1.82) is 0 Å². The van der Waals surface area contributed by atoms with Gasteiger partial charge in [0, 0.05) is 48.8 Å². The fraction of sp³-hybridized carbons (Fsp3) is 0.423. The van der Waals surface area contributed by atoms with E-state index in [4.69, 9.17) is 11.6 Å². The number of aromatic nitrogens is 1. The molecule has 33 heavy (non-hydrogen) atoms. The SMILES string of the molecule is O=C(NC1CCN(c2ccc(C(=O)N3CCC[C@H]4CCCC=C43)cc2)C1)c1ccc(Cl)nc1. The van der Waals surface area contributed by atoms with Crippen LogP contribution in [-0.4, -0.2) is 47.4 Å². The second kappa shape index (κ2) is 9.56. The van der Waals surface area contributed by atoms with Crippen molar-refractivity contribution in [2.24, 2.45) is 5.92 Å². The summed E-state index contributed by atoms with van der Waals surface area (Å²) in [4.78, 5) is 33.9. The number of likely N-dealkylation sites (tertiary alicyclic amines) is 1. The van der Waals surface area contributed by atoms with E-state index < -0.39 is 0 Å². The van der Waals surface area contributed by atoms with Crippen LogP contribution in [0.5, 0.6) is 0 Å². The van der Waals surface area contributed by atoms with Crippen molar-refractivity contribution in [2.75, 3.05) is 24.5 Å². The van der Waals surface area contributed by atoms with Crippen LogP contribution in [0, 0.1) is 5.92 Å². The Kier molecular flexibility index (Phi) is 6.36. The van der Waals surface area contributed by atoms with Crippen molar-refractivity contribution in [3.05, 3.63) is 70.6 Å². The number of rotatable bonds is 4. The smallest absolute Gasteiger partial charge is 0.258 e. The molecule has 2 atom stereocenters. The molecule has 172 valence electrons. The molecule has 0 spiro atoms. The minimum atomic E-state index is -0.135. The van der Waals surface area contributed by atoms with Crippen LogP contribution in [0.2, 0.25) is 5.15 Å². The normalized spacial score (nSPS) is 22.5. The Balaban J connectivity index is 1.20. The summed E-state index contributed by atoms with van der Waals surface area (Å²) in [6.45, 7) is 2.41. The lowest BCUT2D eigenvalue weighted by Gasteiger charge is -2.38. The van der Waals surface area contributed by atoms with Crippen LogP contribution >= 0.6 is 11.6 Å². The minimum Gasteiger partial charge on any atom is -0.369 e. The van der Waals surface area contributed by atoms with Crippen molar-refractivity contribution in [2.45, 2.75) is 44.6 Å². The van der Waals surface area contributed by atoms with Gasteiger partial charge in [0.25, 0.3) is 11.8 Å². The van der Waals surface area contributed by atoms with Gasteiger partial charge in [-0.25, -0.2) is 4.98 Å². The van der Waals surface area contributed by atoms with Gasteiger partial charge in [0.2, 0.25) is 0 Å². The van der Waals surface area contributed by atoms with E-state index in [1.54, 1.807) is 12.1 Å². The van der Waals surface area contributed by atoms with E-state index in [1.807, 2.05) is 29.2 Å². The van der Waals surface area contributed by atoms with Crippen LogP contribution in [0.25, 0.3) is 0 Å². The predicted molar refractivity (Wildman–Crippen MR) is 129 cm³/mol. The molecule has 1 aromatic heterocycles. The lowest BCUT2D eigenvalue weighted by Crippen LogP contribution is -2.39. The third kappa shape index (κ3) is 4.76.